The molecule has 1 amide bonds. The summed E-state index contributed by atoms with van der Waals surface area (Å²) in [5.74, 6) is 0.350. The average Bonchev–Trinajstić information content (AvgIpc) is 2.44. The molecule has 1 saturated heterocycles. The molecule has 1 aromatic heterocycles. The molecule has 2 heterocycles. The molecule has 1 aliphatic rings. The van der Waals surface area contributed by atoms with Crippen molar-refractivity contribution in [3.05, 3.63) is 30.6 Å². The molecule has 1 fully saturated rings. The van der Waals surface area contributed by atoms with Gasteiger partial charge in [0.15, 0.2) is 12.4 Å². The Morgan fingerprint density at radius 3 is 2.40 bits per heavy atom. The van der Waals surface area contributed by atoms with Gasteiger partial charge in [0.2, 0.25) is 5.91 Å². The molecule has 0 bridgehead atoms. The number of rotatable bonds is 5. The monoisotopic (exact) mass is 275 g/mol. The summed E-state index contributed by atoms with van der Waals surface area (Å²) in [6.07, 6.45) is 10.5. The number of piperidine rings is 1. The van der Waals surface area contributed by atoms with Crippen LogP contribution in [0.5, 0.6) is 0 Å². The van der Waals surface area contributed by atoms with E-state index in [0.29, 0.717) is 24.4 Å². The van der Waals surface area contributed by atoms with Gasteiger partial charge in [0.25, 0.3) is 0 Å². The zero-order valence-electron chi connectivity index (χ0n) is 12.8. The minimum absolute atomic E-state index is 0.350. The number of nitrogens with zero attached hydrogens (tertiary/aromatic N) is 2. The molecule has 2 atom stereocenters. The van der Waals surface area contributed by atoms with Gasteiger partial charge >= 0.3 is 0 Å². The summed E-state index contributed by atoms with van der Waals surface area (Å²) in [6, 6.07) is 6.97. The van der Waals surface area contributed by atoms with E-state index in [0.717, 1.165) is 32.2 Å². The summed E-state index contributed by atoms with van der Waals surface area (Å²) in [5.41, 5.74) is 0. The van der Waals surface area contributed by atoms with Gasteiger partial charge in [-0.2, -0.15) is 0 Å². The Hall–Kier alpha value is -1.38. The maximum atomic E-state index is 12.3. The highest BCUT2D eigenvalue weighted by Gasteiger charge is 2.28. The first kappa shape index (κ1) is 15.0. The first-order valence-electron chi connectivity index (χ1n) is 7.93. The minimum atomic E-state index is 0.350. The summed E-state index contributed by atoms with van der Waals surface area (Å²) in [5, 5.41) is 0. The highest BCUT2D eigenvalue weighted by Crippen LogP contribution is 2.23. The van der Waals surface area contributed by atoms with Crippen molar-refractivity contribution in [2.45, 2.75) is 71.0 Å². The smallest absolute Gasteiger partial charge is 0.223 e. The minimum Gasteiger partial charge on any atom is -0.337 e. The van der Waals surface area contributed by atoms with Crippen LogP contribution >= 0.6 is 0 Å². The molecule has 0 saturated carbocycles. The SMILES string of the molecule is CC1CCCC(C)N1C(=O)CCCC[n+]1ccccc1. The van der Waals surface area contributed by atoms with Gasteiger partial charge in [-0.05, 0) is 39.5 Å². The maximum absolute atomic E-state index is 12.3. The number of hydrogen-bond acceptors (Lipinski definition) is 1. The van der Waals surface area contributed by atoms with Crippen LogP contribution in [-0.4, -0.2) is 22.9 Å². The van der Waals surface area contributed by atoms with E-state index in [1.54, 1.807) is 0 Å². The van der Waals surface area contributed by atoms with Gasteiger partial charge in [-0.15, -0.1) is 0 Å². The summed E-state index contributed by atoms with van der Waals surface area (Å²) in [6.45, 7) is 5.37. The van der Waals surface area contributed by atoms with Gasteiger partial charge in [0, 0.05) is 37.1 Å². The largest absolute Gasteiger partial charge is 0.337 e. The van der Waals surface area contributed by atoms with E-state index < -0.39 is 0 Å². The molecule has 0 aromatic carbocycles. The highest BCUT2D eigenvalue weighted by atomic mass is 16.2. The number of aromatic nitrogens is 1. The van der Waals surface area contributed by atoms with E-state index in [2.05, 4.69) is 35.7 Å². The quantitative estimate of drug-likeness (QED) is 0.599. The van der Waals surface area contributed by atoms with Crippen LogP contribution in [0.25, 0.3) is 0 Å². The second-order valence-electron chi connectivity index (χ2n) is 6.00. The molecule has 2 rings (SSSR count). The fourth-order valence-corrected chi connectivity index (χ4v) is 3.20. The van der Waals surface area contributed by atoms with Crippen molar-refractivity contribution in [2.24, 2.45) is 0 Å². The van der Waals surface area contributed by atoms with Gasteiger partial charge < -0.3 is 4.90 Å². The molecule has 0 radical (unpaired) electrons. The maximum Gasteiger partial charge on any atom is 0.223 e. The summed E-state index contributed by atoms with van der Waals surface area (Å²) >= 11 is 0. The molecule has 3 heteroatoms. The van der Waals surface area contributed by atoms with Crippen molar-refractivity contribution in [3.8, 4) is 0 Å². The third-order valence-electron chi connectivity index (χ3n) is 4.32. The lowest BCUT2D eigenvalue weighted by Crippen LogP contribution is -2.47. The normalized spacial score (nSPS) is 22.8. The van der Waals surface area contributed by atoms with Crippen LogP contribution in [0, 0.1) is 0 Å². The number of unbranched alkanes of at least 4 members (excludes halogenated alkanes) is 1. The lowest BCUT2D eigenvalue weighted by Gasteiger charge is -2.39. The predicted octanol–water partition coefficient (Wildman–Crippen LogP) is 2.93. The Bertz CT molecular complexity index is 408. The molecule has 20 heavy (non-hydrogen) atoms. The highest BCUT2D eigenvalue weighted by molar-refractivity contribution is 5.76. The van der Waals surface area contributed by atoms with Crippen molar-refractivity contribution in [2.75, 3.05) is 0 Å². The van der Waals surface area contributed by atoms with Gasteiger partial charge in [-0.25, -0.2) is 4.57 Å². The lowest BCUT2D eigenvalue weighted by atomic mass is 9.97. The first-order chi connectivity index (χ1) is 9.68. The lowest BCUT2D eigenvalue weighted by molar-refractivity contribution is -0.697. The second kappa shape index (κ2) is 7.41. The van der Waals surface area contributed by atoms with Crippen molar-refractivity contribution < 1.29 is 9.36 Å². The zero-order chi connectivity index (χ0) is 14.4. The second-order valence-corrected chi connectivity index (χ2v) is 6.00. The summed E-state index contributed by atoms with van der Waals surface area (Å²) in [4.78, 5) is 14.5. The third kappa shape index (κ3) is 4.06. The number of pyridine rings is 1. The molecule has 2 unspecified atom stereocenters. The summed E-state index contributed by atoms with van der Waals surface area (Å²) < 4.78 is 2.18. The van der Waals surface area contributed by atoms with Crippen LogP contribution in [0.2, 0.25) is 0 Å². The average molecular weight is 275 g/mol. The molecule has 0 aliphatic carbocycles. The first-order valence-corrected chi connectivity index (χ1v) is 7.93. The van der Waals surface area contributed by atoms with Crippen molar-refractivity contribution >= 4 is 5.91 Å². The van der Waals surface area contributed by atoms with E-state index >= 15 is 0 Å². The molecule has 1 aromatic rings. The summed E-state index contributed by atoms with van der Waals surface area (Å²) in [7, 11) is 0. The van der Waals surface area contributed by atoms with E-state index in [-0.39, 0.29) is 0 Å². The Labute approximate surface area is 122 Å². The van der Waals surface area contributed by atoms with E-state index in [4.69, 9.17) is 0 Å². The number of likely N-dealkylation sites (tertiary alicyclic amines) is 1. The molecule has 3 nitrogen and oxygen atoms in total. The number of amides is 1. The number of carbonyl (C=O) groups is 1. The van der Waals surface area contributed by atoms with Gasteiger partial charge in [0.1, 0.15) is 6.54 Å². The van der Waals surface area contributed by atoms with Crippen molar-refractivity contribution in [1.82, 2.24) is 4.90 Å². The number of hydrogen-bond donors (Lipinski definition) is 0. The molecular weight excluding hydrogens is 248 g/mol. The van der Waals surface area contributed by atoms with Crippen molar-refractivity contribution in [3.63, 3.8) is 0 Å². The fraction of sp³-hybridized carbons (Fsp3) is 0.647. The van der Waals surface area contributed by atoms with E-state index in [1.165, 1.54) is 6.42 Å². The molecule has 0 spiro atoms. The molecule has 110 valence electrons. The Morgan fingerprint density at radius 2 is 1.75 bits per heavy atom. The van der Waals surface area contributed by atoms with Crippen LogP contribution < -0.4 is 4.57 Å². The topological polar surface area (TPSA) is 24.2 Å². The van der Waals surface area contributed by atoms with Gasteiger partial charge in [-0.1, -0.05) is 6.07 Å². The Balaban J connectivity index is 1.72. The molecular formula is C17H27N2O+. The fourth-order valence-electron chi connectivity index (χ4n) is 3.20. The number of aryl methyl sites for hydroxylation is 1. The van der Waals surface area contributed by atoms with Gasteiger partial charge in [-0.3, -0.25) is 4.79 Å². The Kier molecular flexibility index (Phi) is 5.57. The molecule has 0 N–H and O–H groups in total. The third-order valence-corrected chi connectivity index (χ3v) is 4.32. The van der Waals surface area contributed by atoms with Crippen LogP contribution in [-0.2, 0) is 11.3 Å². The molecule has 1 aliphatic heterocycles. The zero-order valence-corrected chi connectivity index (χ0v) is 12.8. The van der Waals surface area contributed by atoms with Crippen LogP contribution in [0.15, 0.2) is 30.6 Å². The standard InChI is InChI=1S/C17H27N2O/c1-15-9-8-10-16(2)19(15)17(20)11-4-7-14-18-12-5-3-6-13-18/h3,5-6,12-13,15-16H,4,7-11,14H2,1-2H3/q+1. The Morgan fingerprint density at radius 1 is 1.10 bits per heavy atom. The van der Waals surface area contributed by atoms with E-state index in [1.807, 2.05) is 18.2 Å². The van der Waals surface area contributed by atoms with Crippen LogP contribution in [0.3, 0.4) is 0 Å². The van der Waals surface area contributed by atoms with Gasteiger partial charge in [0.05, 0.1) is 0 Å². The van der Waals surface area contributed by atoms with Crippen LogP contribution in [0.4, 0.5) is 0 Å². The number of carbonyl (C=O) groups excluding carboxylic acids is 1. The van der Waals surface area contributed by atoms with Crippen LogP contribution in [0.1, 0.15) is 52.4 Å². The van der Waals surface area contributed by atoms with Crippen molar-refractivity contribution in [1.29, 1.82) is 0 Å². The predicted molar refractivity (Wildman–Crippen MR) is 80.1 cm³/mol. The van der Waals surface area contributed by atoms with E-state index in [9.17, 15) is 4.79 Å².